The highest BCUT2D eigenvalue weighted by Gasteiger charge is 2.12. The van der Waals surface area contributed by atoms with Crippen molar-refractivity contribution >= 4 is 6.03 Å². The predicted molar refractivity (Wildman–Crippen MR) is 69.9 cm³/mol. The first-order valence-corrected chi connectivity index (χ1v) is 6.09. The highest BCUT2D eigenvalue weighted by atomic mass is 16.7. The Morgan fingerprint density at radius 3 is 2.78 bits per heavy atom. The van der Waals surface area contributed by atoms with Crippen molar-refractivity contribution in [2.75, 3.05) is 6.54 Å². The zero-order valence-electron chi connectivity index (χ0n) is 11.2. The van der Waals surface area contributed by atoms with Crippen LogP contribution in [0.15, 0.2) is 24.4 Å². The van der Waals surface area contributed by atoms with E-state index in [0.717, 1.165) is 18.5 Å². The van der Waals surface area contributed by atoms with Gasteiger partial charge in [-0.2, -0.15) is 0 Å². The van der Waals surface area contributed by atoms with Crippen LogP contribution >= 0.6 is 0 Å². The number of rotatable bonds is 5. The van der Waals surface area contributed by atoms with Crippen LogP contribution in [-0.2, 0) is 11.3 Å². The van der Waals surface area contributed by atoms with E-state index in [1.54, 1.807) is 6.20 Å². The number of urea groups is 1. The summed E-state index contributed by atoms with van der Waals surface area (Å²) in [7, 11) is 0. The number of amides is 2. The van der Waals surface area contributed by atoms with Gasteiger partial charge in [0.15, 0.2) is 0 Å². The molecule has 5 nitrogen and oxygen atoms in total. The summed E-state index contributed by atoms with van der Waals surface area (Å²) < 4.78 is 0. The van der Waals surface area contributed by atoms with E-state index < -0.39 is 0 Å². The van der Waals surface area contributed by atoms with Crippen LogP contribution in [0.4, 0.5) is 4.79 Å². The predicted octanol–water partition coefficient (Wildman–Crippen LogP) is 2.04. The maximum Gasteiger partial charge on any atom is 0.338 e. The second-order valence-electron chi connectivity index (χ2n) is 5.00. The minimum absolute atomic E-state index is 0.314. The lowest BCUT2D eigenvalue weighted by Crippen LogP contribution is -2.40. The third-order valence-electron chi connectivity index (χ3n) is 2.07. The monoisotopic (exact) mass is 251 g/mol. The van der Waals surface area contributed by atoms with Gasteiger partial charge in [-0.25, -0.2) is 10.3 Å². The number of carbonyl (C=O) groups is 1. The van der Waals surface area contributed by atoms with Gasteiger partial charge < -0.3 is 5.32 Å². The van der Waals surface area contributed by atoms with Crippen molar-refractivity contribution in [3.8, 4) is 0 Å². The number of hydroxylamine groups is 1. The first kappa shape index (κ1) is 14.4. The van der Waals surface area contributed by atoms with Crippen molar-refractivity contribution in [2.24, 2.45) is 0 Å². The van der Waals surface area contributed by atoms with E-state index in [4.69, 9.17) is 4.84 Å². The number of aryl methyl sites for hydroxylation is 1. The first-order valence-electron chi connectivity index (χ1n) is 6.09. The molecule has 0 aliphatic heterocycles. The molecular formula is C13H21N3O2. The van der Waals surface area contributed by atoms with Crippen LogP contribution in [0.1, 0.15) is 32.9 Å². The Bertz CT molecular complexity index is 360. The number of carbonyl (C=O) groups excluding carboxylic acids is 1. The molecule has 5 heteroatoms. The summed E-state index contributed by atoms with van der Waals surface area (Å²) in [5, 5.41) is 2.72. The van der Waals surface area contributed by atoms with Crippen LogP contribution in [0.2, 0.25) is 0 Å². The van der Waals surface area contributed by atoms with Gasteiger partial charge in [0.2, 0.25) is 0 Å². The van der Waals surface area contributed by atoms with E-state index in [2.05, 4.69) is 15.8 Å². The van der Waals surface area contributed by atoms with Gasteiger partial charge in [0, 0.05) is 18.4 Å². The SMILES string of the molecule is CC(C)(C)ONC(=O)NCCCc1ccccn1. The lowest BCUT2D eigenvalue weighted by atomic mass is 10.2. The molecule has 18 heavy (non-hydrogen) atoms. The molecule has 0 aliphatic carbocycles. The van der Waals surface area contributed by atoms with Crippen LogP contribution in [0.3, 0.4) is 0 Å². The molecule has 0 aromatic carbocycles. The van der Waals surface area contributed by atoms with Crippen molar-refractivity contribution in [1.29, 1.82) is 0 Å². The molecule has 0 saturated heterocycles. The van der Waals surface area contributed by atoms with Crippen molar-refractivity contribution in [3.63, 3.8) is 0 Å². The van der Waals surface area contributed by atoms with Crippen LogP contribution in [0, 0.1) is 0 Å². The molecule has 1 heterocycles. The Kier molecular flexibility index (Phi) is 5.58. The number of hydrogen-bond donors (Lipinski definition) is 2. The number of nitrogens with zero attached hydrogens (tertiary/aromatic N) is 1. The van der Waals surface area contributed by atoms with Gasteiger partial charge in [-0.1, -0.05) is 6.07 Å². The highest BCUT2D eigenvalue weighted by Crippen LogP contribution is 2.03. The van der Waals surface area contributed by atoms with E-state index in [0.29, 0.717) is 6.54 Å². The molecule has 2 N–H and O–H groups in total. The lowest BCUT2D eigenvalue weighted by molar-refractivity contribution is -0.0528. The minimum Gasteiger partial charge on any atom is -0.336 e. The van der Waals surface area contributed by atoms with Gasteiger partial charge in [0.05, 0.1) is 5.60 Å². The molecule has 2 amide bonds. The van der Waals surface area contributed by atoms with Crippen molar-refractivity contribution in [2.45, 2.75) is 39.2 Å². The normalized spacial score (nSPS) is 11.1. The van der Waals surface area contributed by atoms with Gasteiger partial charge in [-0.3, -0.25) is 9.82 Å². The van der Waals surface area contributed by atoms with E-state index in [1.165, 1.54) is 0 Å². The second kappa shape index (κ2) is 6.96. The highest BCUT2D eigenvalue weighted by molar-refractivity contribution is 5.72. The average Bonchev–Trinajstić information content (AvgIpc) is 2.33. The number of pyridine rings is 1. The Morgan fingerprint density at radius 1 is 1.39 bits per heavy atom. The standard InChI is InChI=1S/C13H21N3O2/c1-13(2,3)18-16-12(17)15-10-6-8-11-7-4-5-9-14-11/h4-5,7,9H,6,8,10H2,1-3H3,(H2,15,16,17). The quantitative estimate of drug-likeness (QED) is 0.622. The molecule has 1 aromatic heterocycles. The number of nitrogens with one attached hydrogen (secondary N) is 2. The summed E-state index contributed by atoms with van der Waals surface area (Å²) >= 11 is 0. The fourth-order valence-electron chi connectivity index (χ4n) is 1.25. The van der Waals surface area contributed by atoms with Gasteiger partial charge in [-0.05, 0) is 45.7 Å². The van der Waals surface area contributed by atoms with E-state index in [9.17, 15) is 4.79 Å². The number of hydrogen-bond acceptors (Lipinski definition) is 3. The Balaban J connectivity index is 2.09. The number of aromatic nitrogens is 1. The minimum atomic E-state index is -0.384. The third-order valence-corrected chi connectivity index (χ3v) is 2.07. The topological polar surface area (TPSA) is 63.2 Å². The summed E-state index contributed by atoms with van der Waals surface area (Å²) in [4.78, 5) is 20.7. The summed E-state index contributed by atoms with van der Waals surface area (Å²) in [6.07, 6.45) is 3.47. The molecule has 0 radical (unpaired) electrons. The lowest BCUT2D eigenvalue weighted by Gasteiger charge is -2.19. The molecule has 0 fully saturated rings. The van der Waals surface area contributed by atoms with E-state index in [-0.39, 0.29) is 11.6 Å². The van der Waals surface area contributed by atoms with Crippen LogP contribution in [0.5, 0.6) is 0 Å². The summed E-state index contributed by atoms with van der Waals surface area (Å²) in [6, 6.07) is 5.51. The molecule has 1 aromatic rings. The van der Waals surface area contributed by atoms with Gasteiger partial charge in [0.1, 0.15) is 0 Å². The molecule has 100 valence electrons. The summed E-state index contributed by atoms with van der Waals surface area (Å²) in [5.41, 5.74) is 3.00. The summed E-state index contributed by atoms with van der Waals surface area (Å²) in [5.74, 6) is 0. The summed E-state index contributed by atoms with van der Waals surface area (Å²) in [6.45, 7) is 6.20. The second-order valence-corrected chi connectivity index (χ2v) is 5.00. The third kappa shape index (κ3) is 6.85. The zero-order chi connectivity index (χ0) is 13.4. The largest absolute Gasteiger partial charge is 0.338 e. The molecule has 0 aliphatic rings. The fraction of sp³-hybridized carbons (Fsp3) is 0.538. The van der Waals surface area contributed by atoms with Gasteiger partial charge in [-0.15, -0.1) is 0 Å². The molecule has 0 bridgehead atoms. The van der Waals surface area contributed by atoms with Gasteiger partial charge in [0.25, 0.3) is 0 Å². The van der Waals surface area contributed by atoms with Crippen molar-refractivity contribution < 1.29 is 9.63 Å². The maximum atomic E-state index is 11.3. The fourth-order valence-corrected chi connectivity index (χ4v) is 1.25. The Hall–Kier alpha value is -1.62. The average molecular weight is 251 g/mol. The van der Waals surface area contributed by atoms with Crippen LogP contribution < -0.4 is 10.8 Å². The van der Waals surface area contributed by atoms with Crippen molar-refractivity contribution in [3.05, 3.63) is 30.1 Å². The van der Waals surface area contributed by atoms with E-state index in [1.807, 2.05) is 39.0 Å². The Morgan fingerprint density at radius 2 is 2.17 bits per heavy atom. The molecule has 0 saturated carbocycles. The Labute approximate surface area is 108 Å². The zero-order valence-corrected chi connectivity index (χ0v) is 11.2. The van der Waals surface area contributed by atoms with E-state index >= 15 is 0 Å². The molecule has 0 spiro atoms. The van der Waals surface area contributed by atoms with Crippen LogP contribution in [-0.4, -0.2) is 23.2 Å². The first-order chi connectivity index (χ1) is 8.47. The smallest absolute Gasteiger partial charge is 0.336 e. The molecular weight excluding hydrogens is 230 g/mol. The van der Waals surface area contributed by atoms with Crippen LogP contribution in [0.25, 0.3) is 0 Å². The van der Waals surface area contributed by atoms with Gasteiger partial charge >= 0.3 is 6.03 Å². The molecule has 0 unspecified atom stereocenters. The maximum absolute atomic E-state index is 11.3. The molecule has 1 rings (SSSR count). The molecule has 0 atom stereocenters. The van der Waals surface area contributed by atoms with Crippen molar-refractivity contribution in [1.82, 2.24) is 15.8 Å².